The number of benzene rings is 3. The number of anilines is 1. The molecule has 0 radical (unpaired) electrons. The van der Waals surface area contributed by atoms with Crippen LogP contribution in [0.2, 0.25) is 5.02 Å². The molecule has 0 unspecified atom stereocenters. The van der Waals surface area contributed by atoms with Gasteiger partial charge in [-0.05, 0) is 30.7 Å². The highest BCUT2D eigenvalue weighted by Gasteiger charge is 2.18. The van der Waals surface area contributed by atoms with E-state index in [4.69, 9.17) is 11.6 Å². The molecular weight excluding hydrogens is 334 g/mol. The fourth-order valence-electron chi connectivity index (χ4n) is 2.49. The van der Waals surface area contributed by atoms with Crippen molar-refractivity contribution >= 4 is 29.0 Å². The zero-order valence-electron chi connectivity index (χ0n) is 13.6. The summed E-state index contributed by atoms with van der Waals surface area (Å²) in [6.07, 6.45) is 0. The van der Waals surface area contributed by atoms with Crippen LogP contribution in [0.4, 0.5) is 5.69 Å². The van der Waals surface area contributed by atoms with Gasteiger partial charge in [-0.3, -0.25) is 9.59 Å². The minimum atomic E-state index is -0.347. The van der Waals surface area contributed by atoms with Crippen LogP contribution in [-0.4, -0.2) is 11.7 Å². The fourth-order valence-corrected chi connectivity index (χ4v) is 2.67. The van der Waals surface area contributed by atoms with E-state index in [1.165, 1.54) is 0 Å². The molecule has 1 amide bonds. The second-order valence-corrected chi connectivity index (χ2v) is 6.07. The molecule has 0 aliphatic heterocycles. The van der Waals surface area contributed by atoms with E-state index in [1.54, 1.807) is 60.7 Å². The number of rotatable bonds is 4. The maximum Gasteiger partial charge on any atom is 0.256 e. The highest BCUT2D eigenvalue weighted by atomic mass is 35.5. The van der Waals surface area contributed by atoms with Gasteiger partial charge in [-0.2, -0.15) is 0 Å². The van der Waals surface area contributed by atoms with Crippen LogP contribution in [0.5, 0.6) is 0 Å². The Balaban J connectivity index is 1.91. The molecule has 0 saturated heterocycles. The van der Waals surface area contributed by atoms with Gasteiger partial charge in [-0.25, -0.2) is 0 Å². The van der Waals surface area contributed by atoms with Crippen molar-refractivity contribution in [2.24, 2.45) is 0 Å². The standard InChI is InChI=1S/C21H16ClNO2/c1-14-11-12-16(13-19(14)22)23-21(25)18-10-6-5-9-17(18)20(24)15-7-3-2-4-8-15/h2-13H,1H3,(H,23,25). The molecule has 0 fully saturated rings. The molecule has 3 aromatic carbocycles. The lowest BCUT2D eigenvalue weighted by Crippen LogP contribution is -2.17. The zero-order chi connectivity index (χ0) is 17.8. The van der Waals surface area contributed by atoms with Gasteiger partial charge in [-0.15, -0.1) is 0 Å². The van der Waals surface area contributed by atoms with Crippen LogP contribution in [0.15, 0.2) is 72.8 Å². The third-order valence-corrected chi connectivity index (χ3v) is 4.29. The highest BCUT2D eigenvalue weighted by Crippen LogP contribution is 2.21. The Morgan fingerprint density at radius 3 is 2.16 bits per heavy atom. The molecule has 0 saturated carbocycles. The summed E-state index contributed by atoms with van der Waals surface area (Å²) in [4.78, 5) is 25.4. The van der Waals surface area contributed by atoms with Crippen molar-refractivity contribution in [3.8, 4) is 0 Å². The molecule has 0 atom stereocenters. The molecule has 0 bridgehead atoms. The largest absolute Gasteiger partial charge is 0.322 e. The van der Waals surface area contributed by atoms with E-state index in [2.05, 4.69) is 5.32 Å². The molecule has 0 aliphatic carbocycles. The smallest absolute Gasteiger partial charge is 0.256 e. The quantitative estimate of drug-likeness (QED) is 0.663. The van der Waals surface area contributed by atoms with Crippen molar-refractivity contribution in [2.75, 3.05) is 5.32 Å². The monoisotopic (exact) mass is 349 g/mol. The van der Waals surface area contributed by atoms with Gasteiger partial charge in [0.2, 0.25) is 0 Å². The first-order valence-corrected chi connectivity index (χ1v) is 8.20. The average molecular weight is 350 g/mol. The number of amides is 1. The Morgan fingerprint density at radius 1 is 0.840 bits per heavy atom. The molecule has 1 N–H and O–H groups in total. The molecule has 124 valence electrons. The number of hydrogen-bond donors (Lipinski definition) is 1. The van der Waals surface area contributed by atoms with Crippen molar-refractivity contribution in [3.05, 3.63) is 100 Å². The summed E-state index contributed by atoms with van der Waals surface area (Å²) in [6.45, 7) is 1.89. The number of halogens is 1. The normalized spacial score (nSPS) is 10.3. The zero-order valence-corrected chi connectivity index (χ0v) is 14.4. The fraction of sp³-hybridized carbons (Fsp3) is 0.0476. The van der Waals surface area contributed by atoms with E-state index in [1.807, 2.05) is 19.1 Å². The number of aryl methyl sites for hydroxylation is 1. The van der Waals surface area contributed by atoms with Gasteiger partial charge in [0, 0.05) is 21.8 Å². The summed E-state index contributed by atoms with van der Waals surface area (Å²) in [5.74, 6) is -0.534. The summed E-state index contributed by atoms with van der Waals surface area (Å²) in [6, 6.07) is 21.0. The number of carbonyl (C=O) groups excluding carboxylic acids is 2. The summed E-state index contributed by atoms with van der Waals surface area (Å²) in [5.41, 5.74) is 2.75. The number of ketones is 1. The molecule has 3 nitrogen and oxygen atoms in total. The molecule has 0 spiro atoms. The predicted octanol–water partition coefficient (Wildman–Crippen LogP) is 5.13. The summed E-state index contributed by atoms with van der Waals surface area (Å²) in [5, 5.41) is 3.37. The van der Waals surface area contributed by atoms with Gasteiger partial charge in [0.1, 0.15) is 0 Å². The molecule has 4 heteroatoms. The summed E-state index contributed by atoms with van der Waals surface area (Å²) < 4.78 is 0. The predicted molar refractivity (Wildman–Crippen MR) is 100 cm³/mol. The highest BCUT2D eigenvalue weighted by molar-refractivity contribution is 6.31. The second kappa shape index (κ2) is 7.32. The lowest BCUT2D eigenvalue weighted by molar-refractivity contribution is 0.0996. The lowest BCUT2D eigenvalue weighted by Gasteiger charge is -2.10. The average Bonchev–Trinajstić information content (AvgIpc) is 2.65. The second-order valence-electron chi connectivity index (χ2n) is 5.66. The van der Waals surface area contributed by atoms with Gasteiger partial charge >= 0.3 is 0 Å². The first-order valence-electron chi connectivity index (χ1n) is 7.82. The molecule has 25 heavy (non-hydrogen) atoms. The van der Waals surface area contributed by atoms with Crippen molar-refractivity contribution in [1.82, 2.24) is 0 Å². The van der Waals surface area contributed by atoms with Crippen molar-refractivity contribution in [2.45, 2.75) is 6.92 Å². The van der Waals surface area contributed by atoms with Gasteiger partial charge in [-0.1, -0.05) is 66.2 Å². The van der Waals surface area contributed by atoms with Gasteiger partial charge < -0.3 is 5.32 Å². The van der Waals surface area contributed by atoms with Gasteiger partial charge in [0.15, 0.2) is 5.78 Å². The van der Waals surface area contributed by atoms with Crippen molar-refractivity contribution in [3.63, 3.8) is 0 Å². The Hall–Kier alpha value is -2.91. The van der Waals surface area contributed by atoms with Crippen molar-refractivity contribution < 1.29 is 9.59 Å². The maximum atomic E-state index is 12.7. The summed E-state index contributed by atoms with van der Waals surface area (Å²) in [7, 11) is 0. The van der Waals surface area contributed by atoms with Crippen LogP contribution in [-0.2, 0) is 0 Å². The van der Waals surface area contributed by atoms with Crippen LogP contribution in [0.1, 0.15) is 31.8 Å². The minimum absolute atomic E-state index is 0.187. The third kappa shape index (κ3) is 3.78. The first-order chi connectivity index (χ1) is 12.1. The van der Waals surface area contributed by atoms with E-state index in [0.29, 0.717) is 27.4 Å². The van der Waals surface area contributed by atoms with Crippen LogP contribution in [0.3, 0.4) is 0 Å². The first kappa shape index (κ1) is 16.9. The van der Waals surface area contributed by atoms with Gasteiger partial charge in [0.05, 0.1) is 5.56 Å². The van der Waals surface area contributed by atoms with Gasteiger partial charge in [0.25, 0.3) is 5.91 Å². The Kier molecular flexibility index (Phi) is 4.96. The van der Waals surface area contributed by atoms with Crippen LogP contribution in [0, 0.1) is 6.92 Å². The minimum Gasteiger partial charge on any atom is -0.322 e. The summed E-state index contributed by atoms with van der Waals surface area (Å²) >= 11 is 6.10. The molecule has 3 aromatic rings. The number of carbonyl (C=O) groups is 2. The molecule has 3 rings (SSSR count). The van der Waals surface area contributed by atoms with Crippen LogP contribution >= 0.6 is 11.6 Å². The third-order valence-electron chi connectivity index (χ3n) is 3.88. The maximum absolute atomic E-state index is 12.7. The number of nitrogens with one attached hydrogen (secondary N) is 1. The molecule has 0 aliphatic rings. The topological polar surface area (TPSA) is 46.2 Å². The van der Waals surface area contributed by atoms with Crippen LogP contribution < -0.4 is 5.32 Å². The molecule has 0 aromatic heterocycles. The molecule has 0 heterocycles. The van der Waals surface area contributed by atoms with E-state index in [-0.39, 0.29) is 11.7 Å². The number of hydrogen-bond acceptors (Lipinski definition) is 2. The SMILES string of the molecule is Cc1ccc(NC(=O)c2ccccc2C(=O)c2ccccc2)cc1Cl. The Morgan fingerprint density at radius 2 is 1.48 bits per heavy atom. The van der Waals surface area contributed by atoms with E-state index in [9.17, 15) is 9.59 Å². The lowest BCUT2D eigenvalue weighted by atomic mass is 9.98. The van der Waals surface area contributed by atoms with E-state index < -0.39 is 0 Å². The van der Waals surface area contributed by atoms with Crippen molar-refractivity contribution in [1.29, 1.82) is 0 Å². The Bertz CT molecular complexity index is 936. The van der Waals surface area contributed by atoms with E-state index >= 15 is 0 Å². The molecular formula is C21H16ClNO2. The van der Waals surface area contributed by atoms with Crippen LogP contribution in [0.25, 0.3) is 0 Å². The van der Waals surface area contributed by atoms with E-state index in [0.717, 1.165) is 5.56 Å². The Labute approximate surface area is 151 Å².